The van der Waals surface area contributed by atoms with Crippen molar-refractivity contribution in [2.75, 3.05) is 6.54 Å². The maximum Gasteiger partial charge on any atom is 0.238 e. The van der Waals surface area contributed by atoms with Gasteiger partial charge in [0.15, 0.2) is 0 Å². The molecular formula is C24H32N2O3S. The van der Waals surface area contributed by atoms with Crippen LogP contribution in [0.25, 0.3) is 11.1 Å². The first-order chi connectivity index (χ1) is 14.2. The van der Waals surface area contributed by atoms with Gasteiger partial charge < -0.3 is 4.74 Å². The molecule has 0 aromatic heterocycles. The van der Waals surface area contributed by atoms with Gasteiger partial charge in [-0.25, -0.2) is 13.6 Å². The summed E-state index contributed by atoms with van der Waals surface area (Å²) in [6, 6.07) is 16.0. The number of fused-ring (bicyclic) bond motifs is 1. The van der Waals surface area contributed by atoms with E-state index in [4.69, 9.17) is 9.88 Å². The average Bonchev–Trinajstić information content (AvgIpc) is 3.05. The van der Waals surface area contributed by atoms with E-state index in [9.17, 15) is 8.42 Å². The molecule has 1 aliphatic carbocycles. The van der Waals surface area contributed by atoms with Crippen LogP contribution in [0.5, 0.6) is 5.75 Å². The number of sulfonamides is 1. The summed E-state index contributed by atoms with van der Waals surface area (Å²) in [6.45, 7) is 8.24. The van der Waals surface area contributed by atoms with E-state index in [1.54, 1.807) is 12.1 Å². The lowest BCUT2D eigenvalue weighted by atomic mass is 9.70. The molecule has 0 bridgehead atoms. The number of hydrogen-bond acceptors (Lipinski definition) is 4. The van der Waals surface area contributed by atoms with Gasteiger partial charge in [0.1, 0.15) is 5.75 Å². The fourth-order valence-electron chi connectivity index (χ4n) is 5.30. The number of hydrogen-bond donors (Lipinski definition) is 1. The lowest BCUT2D eigenvalue weighted by Crippen LogP contribution is -2.47. The minimum absolute atomic E-state index is 0.123. The van der Waals surface area contributed by atoms with Crippen molar-refractivity contribution in [2.45, 2.75) is 69.5 Å². The Balaban J connectivity index is 1.41. The van der Waals surface area contributed by atoms with Gasteiger partial charge in [-0.3, -0.25) is 4.90 Å². The van der Waals surface area contributed by atoms with Crippen LogP contribution in [0.4, 0.5) is 0 Å². The molecule has 0 amide bonds. The molecule has 6 heteroatoms. The second-order valence-electron chi connectivity index (χ2n) is 9.37. The molecule has 1 aliphatic heterocycles. The third-order valence-corrected chi connectivity index (χ3v) is 7.87. The van der Waals surface area contributed by atoms with E-state index < -0.39 is 10.0 Å². The third-order valence-electron chi connectivity index (χ3n) is 6.94. The van der Waals surface area contributed by atoms with E-state index in [2.05, 4.69) is 25.7 Å². The Bertz CT molecular complexity index is 986. The Morgan fingerprint density at radius 3 is 2.20 bits per heavy atom. The molecule has 3 unspecified atom stereocenters. The minimum Gasteiger partial charge on any atom is -0.490 e. The zero-order chi connectivity index (χ0) is 21.5. The summed E-state index contributed by atoms with van der Waals surface area (Å²) < 4.78 is 29.2. The van der Waals surface area contributed by atoms with E-state index in [-0.39, 0.29) is 11.0 Å². The molecule has 2 aromatic carbocycles. The Hall–Kier alpha value is -1.89. The van der Waals surface area contributed by atoms with Crippen molar-refractivity contribution in [3.63, 3.8) is 0 Å². The average molecular weight is 429 g/mol. The standard InChI is InChI=1S/C24H32N2O3S/c1-17(2)26-15-14-24(3)16-21(10-13-23(24)26)29-20-8-4-18(5-9-20)19-6-11-22(12-7-19)30(25,27)28/h4-9,11-12,17,21,23H,10,13-16H2,1-3H3,(H2,25,27,28). The summed E-state index contributed by atoms with van der Waals surface area (Å²) in [5.74, 6) is 0.894. The molecule has 5 nitrogen and oxygen atoms in total. The van der Waals surface area contributed by atoms with Crippen molar-refractivity contribution in [1.82, 2.24) is 4.90 Å². The summed E-state index contributed by atoms with van der Waals surface area (Å²) in [7, 11) is -3.67. The topological polar surface area (TPSA) is 72.6 Å². The minimum atomic E-state index is -3.67. The molecule has 0 radical (unpaired) electrons. The molecule has 1 saturated carbocycles. The second-order valence-corrected chi connectivity index (χ2v) is 10.9. The van der Waals surface area contributed by atoms with Gasteiger partial charge in [-0.2, -0.15) is 0 Å². The monoisotopic (exact) mass is 428 g/mol. The van der Waals surface area contributed by atoms with E-state index in [0.29, 0.717) is 17.5 Å². The maximum atomic E-state index is 11.4. The Labute approximate surface area is 180 Å². The van der Waals surface area contributed by atoms with E-state index in [1.165, 1.54) is 31.5 Å². The quantitative estimate of drug-likeness (QED) is 0.765. The van der Waals surface area contributed by atoms with E-state index in [0.717, 1.165) is 29.7 Å². The third kappa shape index (κ3) is 4.27. The van der Waals surface area contributed by atoms with Crippen LogP contribution in [0.3, 0.4) is 0 Å². The van der Waals surface area contributed by atoms with E-state index >= 15 is 0 Å². The van der Waals surface area contributed by atoms with Crippen molar-refractivity contribution in [3.8, 4) is 16.9 Å². The number of nitrogens with two attached hydrogens (primary N) is 1. The van der Waals surface area contributed by atoms with Gasteiger partial charge in [-0.1, -0.05) is 31.2 Å². The summed E-state index contributed by atoms with van der Waals surface area (Å²) in [5, 5.41) is 5.17. The number of rotatable bonds is 5. The van der Waals surface area contributed by atoms with Crippen molar-refractivity contribution in [2.24, 2.45) is 10.6 Å². The molecule has 162 valence electrons. The van der Waals surface area contributed by atoms with Gasteiger partial charge >= 0.3 is 0 Å². The fraction of sp³-hybridized carbons (Fsp3) is 0.500. The molecule has 3 atom stereocenters. The molecule has 2 aliphatic rings. The van der Waals surface area contributed by atoms with Crippen LogP contribution >= 0.6 is 0 Å². The molecule has 0 spiro atoms. The lowest BCUT2D eigenvalue weighted by Gasteiger charge is -2.43. The molecule has 1 heterocycles. The first kappa shape index (κ1) is 21.3. The molecule has 2 N–H and O–H groups in total. The zero-order valence-corrected chi connectivity index (χ0v) is 18.9. The van der Waals surface area contributed by atoms with Crippen LogP contribution in [-0.4, -0.2) is 38.1 Å². The highest BCUT2D eigenvalue weighted by Gasteiger charge is 2.48. The Morgan fingerprint density at radius 1 is 1.03 bits per heavy atom. The van der Waals surface area contributed by atoms with Crippen LogP contribution in [0.15, 0.2) is 53.4 Å². The molecule has 2 aromatic rings. The number of benzene rings is 2. The first-order valence-electron chi connectivity index (χ1n) is 10.8. The SMILES string of the molecule is CC(C)N1CCC2(C)CC(Oc3ccc(-c4ccc(S(N)(=O)=O)cc4)cc3)CCC12. The van der Waals surface area contributed by atoms with Crippen LogP contribution in [0, 0.1) is 5.41 Å². The second kappa shape index (κ2) is 7.98. The summed E-state index contributed by atoms with van der Waals surface area (Å²) in [5.41, 5.74) is 2.31. The van der Waals surface area contributed by atoms with Crippen LogP contribution in [0.2, 0.25) is 0 Å². The molecule has 4 rings (SSSR count). The van der Waals surface area contributed by atoms with Crippen molar-refractivity contribution >= 4 is 10.0 Å². The predicted molar refractivity (Wildman–Crippen MR) is 120 cm³/mol. The highest BCUT2D eigenvalue weighted by Crippen LogP contribution is 2.48. The lowest BCUT2D eigenvalue weighted by molar-refractivity contribution is 0.0274. The highest BCUT2D eigenvalue weighted by atomic mass is 32.2. The van der Waals surface area contributed by atoms with Crippen LogP contribution < -0.4 is 9.88 Å². The summed E-state index contributed by atoms with van der Waals surface area (Å²) in [4.78, 5) is 2.80. The number of likely N-dealkylation sites (tertiary alicyclic amines) is 1. The normalized spacial score (nSPS) is 27.2. The van der Waals surface area contributed by atoms with Gasteiger partial charge in [0.2, 0.25) is 10.0 Å². The van der Waals surface area contributed by atoms with Gasteiger partial charge in [0.25, 0.3) is 0 Å². The summed E-state index contributed by atoms with van der Waals surface area (Å²) in [6.07, 6.45) is 4.92. The van der Waals surface area contributed by atoms with Gasteiger partial charge in [-0.05, 0) is 86.9 Å². The fourth-order valence-corrected chi connectivity index (χ4v) is 5.82. The van der Waals surface area contributed by atoms with Gasteiger partial charge in [0, 0.05) is 12.1 Å². The van der Waals surface area contributed by atoms with Gasteiger partial charge in [0.05, 0.1) is 11.0 Å². The highest BCUT2D eigenvalue weighted by molar-refractivity contribution is 7.89. The van der Waals surface area contributed by atoms with Crippen molar-refractivity contribution < 1.29 is 13.2 Å². The van der Waals surface area contributed by atoms with Crippen LogP contribution in [0.1, 0.15) is 46.5 Å². The molecule has 2 fully saturated rings. The van der Waals surface area contributed by atoms with E-state index in [1.807, 2.05) is 24.3 Å². The smallest absolute Gasteiger partial charge is 0.238 e. The van der Waals surface area contributed by atoms with Crippen LogP contribution in [-0.2, 0) is 10.0 Å². The molecule has 30 heavy (non-hydrogen) atoms. The molecular weight excluding hydrogens is 396 g/mol. The number of primary sulfonamides is 1. The largest absolute Gasteiger partial charge is 0.490 e. The number of ether oxygens (including phenoxy) is 1. The zero-order valence-electron chi connectivity index (χ0n) is 18.0. The van der Waals surface area contributed by atoms with Crippen molar-refractivity contribution in [3.05, 3.63) is 48.5 Å². The molecule has 1 saturated heterocycles. The Kier molecular flexibility index (Phi) is 5.68. The van der Waals surface area contributed by atoms with Gasteiger partial charge in [-0.15, -0.1) is 0 Å². The van der Waals surface area contributed by atoms with Crippen molar-refractivity contribution in [1.29, 1.82) is 0 Å². The Morgan fingerprint density at radius 2 is 1.63 bits per heavy atom. The predicted octanol–water partition coefficient (Wildman–Crippen LogP) is 4.42. The maximum absolute atomic E-state index is 11.4. The first-order valence-corrected chi connectivity index (χ1v) is 12.4. The summed E-state index contributed by atoms with van der Waals surface area (Å²) >= 11 is 0. The number of nitrogens with zero attached hydrogens (tertiary/aromatic N) is 1.